The maximum absolute atomic E-state index is 10.3. The Morgan fingerprint density at radius 3 is 2.67 bits per heavy atom. The molecule has 114 valence electrons. The lowest BCUT2D eigenvalue weighted by atomic mass is 9.66. The molecule has 1 N–H and O–H groups in total. The fourth-order valence-electron chi connectivity index (χ4n) is 4.29. The SMILES string of the molecule is CC(C)c1cc2c(cc1O)CC1=CCCC(C)(C)C1CC2. The Bertz CT molecular complexity index is 578. The van der Waals surface area contributed by atoms with Crippen LogP contribution in [0.2, 0.25) is 0 Å². The molecule has 0 spiro atoms. The highest BCUT2D eigenvalue weighted by molar-refractivity contribution is 5.46. The third-order valence-corrected chi connectivity index (χ3v) is 5.65. The van der Waals surface area contributed by atoms with Gasteiger partial charge >= 0.3 is 0 Å². The van der Waals surface area contributed by atoms with Crippen molar-refractivity contribution in [1.82, 2.24) is 0 Å². The van der Waals surface area contributed by atoms with Crippen LogP contribution in [-0.4, -0.2) is 5.11 Å². The Labute approximate surface area is 129 Å². The summed E-state index contributed by atoms with van der Waals surface area (Å²) >= 11 is 0. The predicted molar refractivity (Wildman–Crippen MR) is 88.8 cm³/mol. The molecule has 0 heterocycles. The van der Waals surface area contributed by atoms with E-state index in [0.717, 1.165) is 18.4 Å². The van der Waals surface area contributed by atoms with E-state index in [0.29, 0.717) is 23.0 Å². The molecule has 1 heteroatoms. The molecule has 0 amide bonds. The number of fused-ring (bicyclic) bond motifs is 2. The number of hydrogen-bond donors (Lipinski definition) is 1. The van der Waals surface area contributed by atoms with Crippen LogP contribution in [0.25, 0.3) is 0 Å². The number of phenolic OH excluding ortho intramolecular Hbond substituents is 1. The Morgan fingerprint density at radius 1 is 1.19 bits per heavy atom. The first kappa shape index (κ1) is 14.7. The van der Waals surface area contributed by atoms with E-state index in [1.54, 1.807) is 5.57 Å². The minimum Gasteiger partial charge on any atom is -0.508 e. The minimum atomic E-state index is 0.386. The molecule has 0 saturated carbocycles. The Hall–Kier alpha value is -1.24. The highest BCUT2D eigenvalue weighted by atomic mass is 16.3. The van der Waals surface area contributed by atoms with Gasteiger partial charge < -0.3 is 5.11 Å². The van der Waals surface area contributed by atoms with Gasteiger partial charge in [0.15, 0.2) is 0 Å². The Morgan fingerprint density at radius 2 is 1.95 bits per heavy atom. The van der Waals surface area contributed by atoms with Crippen LogP contribution in [0.1, 0.15) is 69.6 Å². The maximum Gasteiger partial charge on any atom is 0.119 e. The molecule has 2 aliphatic carbocycles. The molecule has 0 aromatic heterocycles. The summed E-state index contributed by atoms with van der Waals surface area (Å²) in [6.45, 7) is 9.17. The number of aromatic hydroxyl groups is 1. The van der Waals surface area contributed by atoms with Gasteiger partial charge in [0.2, 0.25) is 0 Å². The van der Waals surface area contributed by atoms with Gasteiger partial charge in [-0.3, -0.25) is 0 Å². The first-order chi connectivity index (χ1) is 9.88. The fraction of sp³-hybridized carbons (Fsp3) is 0.600. The number of allylic oxidation sites excluding steroid dienone is 2. The van der Waals surface area contributed by atoms with Crippen LogP contribution in [0, 0.1) is 11.3 Å². The molecular weight excluding hydrogens is 256 g/mol. The highest BCUT2D eigenvalue weighted by Crippen LogP contribution is 2.47. The second kappa shape index (κ2) is 5.19. The number of aryl methyl sites for hydroxylation is 1. The van der Waals surface area contributed by atoms with Crippen molar-refractivity contribution < 1.29 is 5.11 Å². The molecule has 1 nitrogen and oxygen atoms in total. The van der Waals surface area contributed by atoms with Crippen molar-refractivity contribution in [3.63, 3.8) is 0 Å². The van der Waals surface area contributed by atoms with Gasteiger partial charge in [0, 0.05) is 0 Å². The summed E-state index contributed by atoms with van der Waals surface area (Å²) in [7, 11) is 0. The third kappa shape index (κ3) is 2.63. The normalized spacial score (nSPS) is 24.0. The topological polar surface area (TPSA) is 20.2 Å². The van der Waals surface area contributed by atoms with Crippen molar-refractivity contribution in [1.29, 1.82) is 0 Å². The third-order valence-electron chi connectivity index (χ3n) is 5.65. The number of rotatable bonds is 1. The van der Waals surface area contributed by atoms with Crippen LogP contribution in [0.4, 0.5) is 0 Å². The summed E-state index contributed by atoms with van der Waals surface area (Å²) in [5.74, 6) is 1.58. The Balaban J connectivity index is 2.00. The van der Waals surface area contributed by atoms with E-state index in [2.05, 4.69) is 39.8 Å². The summed E-state index contributed by atoms with van der Waals surface area (Å²) in [5.41, 5.74) is 5.95. The molecule has 0 bridgehead atoms. The molecule has 1 aromatic carbocycles. The number of benzene rings is 1. The van der Waals surface area contributed by atoms with E-state index in [4.69, 9.17) is 0 Å². The van der Waals surface area contributed by atoms with Crippen LogP contribution in [-0.2, 0) is 12.8 Å². The van der Waals surface area contributed by atoms with E-state index in [1.807, 2.05) is 6.07 Å². The van der Waals surface area contributed by atoms with Crippen molar-refractivity contribution >= 4 is 0 Å². The number of phenols is 1. The molecular formula is C20H28O. The second-order valence-corrected chi connectivity index (χ2v) is 7.91. The average molecular weight is 284 g/mol. The molecule has 0 radical (unpaired) electrons. The smallest absolute Gasteiger partial charge is 0.119 e. The standard InChI is InChI=1S/C20H28O/c1-13(2)17-11-14-7-8-18-15(6-5-9-20(18,3)4)10-16(14)12-19(17)21/h6,11-13,18,21H,5,7-10H2,1-4H3. The zero-order valence-electron chi connectivity index (χ0n) is 13.9. The molecule has 21 heavy (non-hydrogen) atoms. The molecule has 1 aromatic rings. The van der Waals surface area contributed by atoms with Crippen molar-refractivity contribution in [3.8, 4) is 5.75 Å². The van der Waals surface area contributed by atoms with E-state index in [1.165, 1.54) is 30.4 Å². The monoisotopic (exact) mass is 284 g/mol. The van der Waals surface area contributed by atoms with Crippen LogP contribution in [0.3, 0.4) is 0 Å². The second-order valence-electron chi connectivity index (χ2n) is 7.91. The fourth-order valence-corrected chi connectivity index (χ4v) is 4.29. The summed E-state index contributed by atoms with van der Waals surface area (Å²) in [5, 5.41) is 10.3. The van der Waals surface area contributed by atoms with Crippen LogP contribution in [0.5, 0.6) is 5.75 Å². The molecule has 2 aliphatic rings. The van der Waals surface area contributed by atoms with Gasteiger partial charge in [-0.1, -0.05) is 45.4 Å². The highest BCUT2D eigenvalue weighted by Gasteiger charge is 2.35. The van der Waals surface area contributed by atoms with Crippen molar-refractivity contribution in [2.45, 2.75) is 65.7 Å². The van der Waals surface area contributed by atoms with Gasteiger partial charge in [-0.05, 0) is 72.1 Å². The molecule has 0 aliphatic heterocycles. The van der Waals surface area contributed by atoms with Crippen molar-refractivity contribution in [2.24, 2.45) is 11.3 Å². The van der Waals surface area contributed by atoms with E-state index in [-0.39, 0.29) is 0 Å². The van der Waals surface area contributed by atoms with Crippen LogP contribution in [0.15, 0.2) is 23.8 Å². The van der Waals surface area contributed by atoms with Gasteiger partial charge in [-0.2, -0.15) is 0 Å². The van der Waals surface area contributed by atoms with E-state index >= 15 is 0 Å². The van der Waals surface area contributed by atoms with Crippen molar-refractivity contribution in [2.75, 3.05) is 0 Å². The van der Waals surface area contributed by atoms with Gasteiger partial charge in [0.1, 0.15) is 5.75 Å². The van der Waals surface area contributed by atoms with Gasteiger partial charge in [0.25, 0.3) is 0 Å². The lowest BCUT2D eigenvalue weighted by Gasteiger charge is -2.39. The molecule has 1 atom stereocenters. The molecule has 0 fully saturated rings. The van der Waals surface area contributed by atoms with E-state index in [9.17, 15) is 5.11 Å². The summed E-state index contributed by atoms with van der Waals surface area (Å²) in [4.78, 5) is 0. The molecule has 1 unspecified atom stereocenters. The lowest BCUT2D eigenvalue weighted by Crippen LogP contribution is -2.29. The minimum absolute atomic E-state index is 0.386. The number of hydrogen-bond acceptors (Lipinski definition) is 1. The first-order valence-corrected chi connectivity index (χ1v) is 8.42. The predicted octanol–water partition coefficient (Wildman–Crippen LogP) is 5.37. The average Bonchev–Trinajstić information content (AvgIpc) is 2.56. The van der Waals surface area contributed by atoms with Gasteiger partial charge in [-0.15, -0.1) is 0 Å². The Kier molecular flexibility index (Phi) is 3.63. The van der Waals surface area contributed by atoms with Crippen LogP contribution >= 0.6 is 0 Å². The zero-order valence-corrected chi connectivity index (χ0v) is 13.9. The maximum atomic E-state index is 10.3. The van der Waals surface area contributed by atoms with Crippen molar-refractivity contribution in [3.05, 3.63) is 40.5 Å². The lowest BCUT2D eigenvalue weighted by molar-refractivity contribution is 0.203. The zero-order chi connectivity index (χ0) is 15.2. The van der Waals surface area contributed by atoms with Gasteiger partial charge in [0.05, 0.1) is 0 Å². The largest absolute Gasteiger partial charge is 0.508 e. The van der Waals surface area contributed by atoms with E-state index < -0.39 is 0 Å². The molecule has 3 rings (SSSR count). The quantitative estimate of drug-likeness (QED) is 0.688. The van der Waals surface area contributed by atoms with Gasteiger partial charge in [-0.25, -0.2) is 0 Å². The molecule has 0 saturated heterocycles. The summed E-state index contributed by atoms with van der Waals surface area (Å²) in [6.07, 6.45) is 8.44. The summed E-state index contributed by atoms with van der Waals surface area (Å²) in [6, 6.07) is 4.30. The van der Waals surface area contributed by atoms with Crippen LogP contribution < -0.4 is 0 Å². The first-order valence-electron chi connectivity index (χ1n) is 8.42. The summed E-state index contributed by atoms with van der Waals surface area (Å²) < 4.78 is 0.